The van der Waals surface area contributed by atoms with Crippen molar-refractivity contribution in [3.05, 3.63) is 29.1 Å². The van der Waals surface area contributed by atoms with Gasteiger partial charge in [0.25, 0.3) is 0 Å². The molecule has 2 aromatic heterocycles. The number of aromatic nitrogens is 1. The monoisotopic (exact) mass is 275 g/mol. The van der Waals surface area contributed by atoms with Crippen molar-refractivity contribution in [2.75, 3.05) is 11.1 Å². The number of carbonyl (C=O) groups excluding carboxylic acids is 1. The van der Waals surface area contributed by atoms with Crippen molar-refractivity contribution >= 4 is 38.0 Å². The summed E-state index contributed by atoms with van der Waals surface area (Å²) in [5.41, 5.74) is 9.79. The van der Waals surface area contributed by atoms with Gasteiger partial charge in [-0.25, -0.2) is 4.98 Å². The van der Waals surface area contributed by atoms with Gasteiger partial charge in [-0.1, -0.05) is 11.3 Å². The minimum absolute atomic E-state index is 0.00815. The Morgan fingerprint density at radius 1 is 1.42 bits per heavy atom. The third kappa shape index (κ3) is 2.76. The van der Waals surface area contributed by atoms with Gasteiger partial charge in [0.15, 0.2) is 5.78 Å². The highest BCUT2D eigenvalue weighted by molar-refractivity contribution is 7.23. The molecule has 0 saturated carbocycles. The van der Waals surface area contributed by atoms with E-state index in [1.807, 2.05) is 26.8 Å². The Bertz CT molecular complexity index is 686. The summed E-state index contributed by atoms with van der Waals surface area (Å²) in [7, 11) is 0. The van der Waals surface area contributed by atoms with E-state index in [2.05, 4.69) is 10.3 Å². The molecule has 2 rings (SSSR count). The maximum atomic E-state index is 11.1. The number of hydrogen-bond acceptors (Lipinski definition) is 5. The van der Waals surface area contributed by atoms with Gasteiger partial charge in [0.05, 0.1) is 5.69 Å². The number of aryl methyl sites for hydroxylation is 2. The molecule has 0 aromatic carbocycles. The zero-order chi connectivity index (χ0) is 14.2. The van der Waals surface area contributed by atoms with Gasteiger partial charge in [0.2, 0.25) is 0 Å². The quantitative estimate of drug-likeness (QED) is 0.842. The van der Waals surface area contributed by atoms with E-state index >= 15 is 0 Å². The van der Waals surface area contributed by atoms with Crippen molar-refractivity contribution in [2.45, 2.75) is 27.7 Å². The molecule has 0 bridgehead atoms. The number of rotatable bonds is 3. The summed E-state index contributed by atoms with van der Waals surface area (Å²) in [5.74, 6) is 0.00815. The fourth-order valence-electron chi connectivity index (χ4n) is 2.12. The first-order valence-corrected chi connectivity index (χ1v) is 6.82. The predicted octanol–water partition coefficient (Wildman–Crippen LogP) is 3.40. The van der Waals surface area contributed by atoms with Crippen molar-refractivity contribution in [1.82, 2.24) is 4.98 Å². The molecule has 4 nitrogen and oxygen atoms in total. The number of nitrogens with zero attached hydrogens (tertiary/aromatic N) is 1. The van der Waals surface area contributed by atoms with Gasteiger partial charge in [0, 0.05) is 16.8 Å². The summed E-state index contributed by atoms with van der Waals surface area (Å²) < 4.78 is 0. The molecule has 0 aliphatic heterocycles. The average molecular weight is 275 g/mol. The fourth-order valence-corrected chi connectivity index (χ4v) is 3.14. The van der Waals surface area contributed by atoms with E-state index in [9.17, 15) is 4.79 Å². The number of carbonyl (C=O) groups is 1. The highest BCUT2D eigenvalue weighted by atomic mass is 32.1. The number of thiophene rings is 1. The number of hydrogen-bond donors (Lipinski definition) is 2. The van der Waals surface area contributed by atoms with Crippen LogP contribution in [0.1, 0.15) is 25.1 Å². The van der Waals surface area contributed by atoms with Gasteiger partial charge in [-0.05, 0) is 45.4 Å². The standard InChI is InChI=1S/C14H17N3OS/c1-7-5-8(2)17-14-11(7)12(13(15)19-14)16-9(3)6-10(4)18/h5-6,16H,15H2,1-4H3. The SMILES string of the molecule is CC(=O)C=C(C)Nc1c(N)sc2nc(C)cc(C)c12. The first kappa shape index (κ1) is 13.5. The molecule has 3 N–H and O–H groups in total. The van der Waals surface area contributed by atoms with E-state index in [0.29, 0.717) is 5.00 Å². The van der Waals surface area contributed by atoms with E-state index in [1.54, 1.807) is 6.08 Å². The lowest BCUT2D eigenvalue weighted by Gasteiger charge is -2.08. The molecule has 5 heteroatoms. The minimum atomic E-state index is 0.00815. The molecule has 0 amide bonds. The molecule has 0 unspecified atom stereocenters. The Balaban J connectivity index is 2.55. The number of nitrogen functional groups attached to an aromatic ring is 1. The van der Waals surface area contributed by atoms with Crippen molar-refractivity contribution in [3.8, 4) is 0 Å². The second kappa shape index (κ2) is 5.01. The predicted molar refractivity (Wildman–Crippen MR) is 81.6 cm³/mol. The smallest absolute Gasteiger partial charge is 0.154 e. The second-order valence-electron chi connectivity index (χ2n) is 4.67. The fraction of sp³-hybridized carbons (Fsp3) is 0.286. The summed E-state index contributed by atoms with van der Waals surface area (Å²) in [6.07, 6.45) is 1.56. The molecule has 2 heterocycles. The van der Waals surface area contributed by atoms with E-state index in [-0.39, 0.29) is 5.78 Å². The zero-order valence-corrected chi connectivity index (χ0v) is 12.3. The Hall–Kier alpha value is -1.88. The molecule has 2 aromatic rings. The van der Waals surface area contributed by atoms with Crippen LogP contribution in [-0.2, 0) is 4.79 Å². The molecular weight excluding hydrogens is 258 g/mol. The molecular formula is C14H17N3OS. The van der Waals surface area contributed by atoms with Gasteiger partial charge in [-0.3, -0.25) is 4.79 Å². The van der Waals surface area contributed by atoms with Crippen LogP contribution in [-0.4, -0.2) is 10.8 Å². The summed E-state index contributed by atoms with van der Waals surface area (Å²) >= 11 is 1.46. The molecule has 0 saturated heterocycles. The minimum Gasteiger partial charge on any atom is -0.389 e. The van der Waals surface area contributed by atoms with E-state index in [4.69, 9.17) is 5.73 Å². The number of nitrogens with one attached hydrogen (secondary N) is 1. The van der Waals surface area contributed by atoms with Crippen LogP contribution in [0.2, 0.25) is 0 Å². The lowest BCUT2D eigenvalue weighted by Crippen LogP contribution is -2.00. The van der Waals surface area contributed by atoms with Crippen molar-refractivity contribution in [1.29, 1.82) is 0 Å². The summed E-state index contributed by atoms with van der Waals surface area (Å²) in [5, 5.41) is 4.93. The van der Waals surface area contributed by atoms with Gasteiger partial charge in [0.1, 0.15) is 9.83 Å². The van der Waals surface area contributed by atoms with Crippen LogP contribution >= 0.6 is 11.3 Å². The van der Waals surface area contributed by atoms with Crippen molar-refractivity contribution in [3.63, 3.8) is 0 Å². The topological polar surface area (TPSA) is 68.0 Å². The number of anilines is 2. The summed E-state index contributed by atoms with van der Waals surface area (Å²) in [6.45, 7) is 7.38. The third-order valence-electron chi connectivity index (χ3n) is 2.76. The number of nitrogens with two attached hydrogens (primary N) is 1. The van der Waals surface area contributed by atoms with Crippen LogP contribution in [0, 0.1) is 13.8 Å². The normalized spacial score (nSPS) is 11.9. The van der Waals surface area contributed by atoms with Gasteiger partial charge in [-0.15, -0.1) is 0 Å². The zero-order valence-electron chi connectivity index (χ0n) is 11.5. The molecule has 0 aliphatic carbocycles. The number of allylic oxidation sites excluding steroid dienone is 2. The Labute approximate surface area is 116 Å². The Morgan fingerprint density at radius 3 is 2.74 bits per heavy atom. The van der Waals surface area contributed by atoms with E-state index < -0.39 is 0 Å². The van der Waals surface area contributed by atoms with Crippen LogP contribution in [0.4, 0.5) is 10.7 Å². The Morgan fingerprint density at radius 2 is 2.11 bits per heavy atom. The Kier molecular flexibility index (Phi) is 3.57. The van der Waals surface area contributed by atoms with Crippen LogP contribution in [0.3, 0.4) is 0 Å². The van der Waals surface area contributed by atoms with Crippen LogP contribution in [0.15, 0.2) is 17.8 Å². The van der Waals surface area contributed by atoms with Crippen molar-refractivity contribution < 1.29 is 4.79 Å². The first-order chi connectivity index (χ1) is 8.88. The van der Waals surface area contributed by atoms with Gasteiger partial charge >= 0.3 is 0 Å². The van der Waals surface area contributed by atoms with Crippen molar-refractivity contribution in [2.24, 2.45) is 0 Å². The van der Waals surface area contributed by atoms with Gasteiger partial charge < -0.3 is 11.1 Å². The molecule has 0 radical (unpaired) electrons. The highest BCUT2D eigenvalue weighted by Crippen LogP contribution is 2.39. The number of pyridine rings is 1. The van der Waals surface area contributed by atoms with E-state index in [0.717, 1.165) is 32.9 Å². The molecule has 0 aliphatic rings. The molecule has 19 heavy (non-hydrogen) atoms. The van der Waals surface area contributed by atoms with E-state index in [1.165, 1.54) is 18.3 Å². The van der Waals surface area contributed by atoms with Gasteiger partial charge in [-0.2, -0.15) is 0 Å². The number of fused-ring (bicyclic) bond motifs is 1. The highest BCUT2D eigenvalue weighted by Gasteiger charge is 2.14. The number of ketones is 1. The largest absolute Gasteiger partial charge is 0.389 e. The average Bonchev–Trinajstić information content (AvgIpc) is 2.53. The van der Waals surface area contributed by atoms with Crippen LogP contribution in [0.5, 0.6) is 0 Å². The first-order valence-electron chi connectivity index (χ1n) is 6.00. The lowest BCUT2D eigenvalue weighted by molar-refractivity contribution is -0.112. The lowest BCUT2D eigenvalue weighted by atomic mass is 10.1. The maximum Gasteiger partial charge on any atom is 0.154 e. The van der Waals surface area contributed by atoms with Crippen LogP contribution in [0.25, 0.3) is 10.2 Å². The molecule has 0 fully saturated rings. The molecule has 0 atom stereocenters. The molecule has 0 spiro atoms. The van der Waals surface area contributed by atoms with Crippen LogP contribution < -0.4 is 11.1 Å². The summed E-state index contributed by atoms with van der Waals surface area (Å²) in [6, 6.07) is 2.03. The second-order valence-corrected chi connectivity index (χ2v) is 5.70. The third-order valence-corrected chi connectivity index (χ3v) is 3.67. The molecule has 100 valence electrons. The summed E-state index contributed by atoms with van der Waals surface area (Å²) in [4.78, 5) is 16.5. The maximum absolute atomic E-state index is 11.1.